The van der Waals surface area contributed by atoms with Gasteiger partial charge in [-0.3, -0.25) is 4.79 Å². The summed E-state index contributed by atoms with van der Waals surface area (Å²) in [5, 5.41) is 2.36. The van der Waals surface area contributed by atoms with Crippen molar-refractivity contribution in [3.63, 3.8) is 0 Å². The Bertz CT molecular complexity index is 786. The van der Waals surface area contributed by atoms with E-state index in [1.807, 2.05) is 6.07 Å². The van der Waals surface area contributed by atoms with E-state index < -0.39 is 29.2 Å². The summed E-state index contributed by atoms with van der Waals surface area (Å²) in [6.45, 7) is 1.11. The van der Waals surface area contributed by atoms with E-state index >= 15 is 0 Å². The standard InChI is InChI=1S/C17H15F4N3O/c18-13-15(14(19)17(21)23-16(13)20)22-8-10-3-1-4-11(7-10)9-24-6-2-5-12(24)25/h1,3-4,7H,2,5-6,8-9H2,(H,22,23). The zero-order valence-corrected chi connectivity index (χ0v) is 13.2. The molecule has 2 heterocycles. The maximum atomic E-state index is 13.6. The number of nitrogens with zero attached hydrogens (tertiary/aromatic N) is 2. The van der Waals surface area contributed by atoms with Gasteiger partial charge < -0.3 is 10.2 Å². The molecule has 0 unspecified atom stereocenters. The third-order valence-electron chi connectivity index (χ3n) is 4.00. The first kappa shape index (κ1) is 17.2. The second kappa shape index (κ2) is 7.08. The van der Waals surface area contributed by atoms with Crippen LogP contribution in [0.25, 0.3) is 0 Å². The van der Waals surface area contributed by atoms with Gasteiger partial charge in [0.25, 0.3) is 11.9 Å². The first-order valence-corrected chi connectivity index (χ1v) is 7.75. The van der Waals surface area contributed by atoms with Crippen LogP contribution < -0.4 is 5.32 Å². The lowest BCUT2D eigenvalue weighted by Gasteiger charge is -2.16. The zero-order valence-electron chi connectivity index (χ0n) is 13.2. The van der Waals surface area contributed by atoms with Crippen molar-refractivity contribution in [2.75, 3.05) is 11.9 Å². The summed E-state index contributed by atoms with van der Waals surface area (Å²) in [4.78, 5) is 15.9. The number of amides is 1. The highest BCUT2D eigenvalue weighted by molar-refractivity contribution is 5.78. The van der Waals surface area contributed by atoms with Crippen LogP contribution in [0.15, 0.2) is 24.3 Å². The molecule has 2 aromatic rings. The molecular formula is C17H15F4N3O. The SMILES string of the molecule is O=C1CCCN1Cc1cccc(CNc2c(F)c(F)nc(F)c2F)c1. The van der Waals surface area contributed by atoms with Crippen molar-refractivity contribution in [3.8, 4) is 0 Å². The minimum Gasteiger partial charge on any atom is -0.376 e. The third kappa shape index (κ3) is 3.72. The molecule has 1 aromatic heterocycles. The number of rotatable bonds is 5. The van der Waals surface area contributed by atoms with E-state index in [2.05, 4.69) is 10.3 Å². The van der Waals surface area contributed by atoms with Gasteiger partial charge in [-0.2, -0.15) is 22.5 Å². The fourth-order valence-corrected chi connectivity index (χ4v) is 2.76. The molecule has 1 amide bonds. The van der Waals surface area contributed by atoms with Gasteiger partial charge in [0.05, 0.1) is 0 Å². The fourth-order valence-electron chi connectivity index (χ4n) is 2.76. The van der Waals surface area contributed by atoms with Crippen LogP contribution in [0.3, 0.4) is 0 Å². The average molecular weight is 353 g/mol. The smallest absolute Gasteiger partial charge is 0.253 e. The molecule has 0 spiro atoms. The molecule has 4 nitrogen and oxygen atoms in total. The molecule has 1 aromatic carbocycles. The topological polar surface area (TPSA) is 45.2 Å². The van der Waals surface area contributed by atoms with Crippen molar-refractivity contribution >= 4 is 11.6 Å². The largest absolute Gasteiger partial charge is 0.376 e. The molecule has 0 radical (unpaired) electrons. The Hall–Kier alpha value is -2.64. The van der Waals surface area contributed by atoms with Gasteiger partial charge >= 0.3 is 0 Å². The van der Waals surface area contributed by atoms with Gasteiger partial charge in [0, 0.05) is 26.1 Å². The normalized spacial score (nSPS) is 14.2. The zero-order chi connectivity index (χ0) is 18.0. The van der Waals surface area contributed by atoms with Gasteiger partial charge in [-0.1, -0.05) is 24.3 Å². The van der Waals surface area contributed by atoms with Crippen LogP contribution in [0.2, 0.25) is 0 Å². The number of halogens is 4. The summed E-state index contributed by atoms with van der Waals surface area (Å²) in [6, 6.07) is 7.05. The summed E-state index contributed by atoms with van der Waals surface area (Å²) < 4.78 is 53.4. The maximum Gasteiger partial charge on any atom is 0.253 e. The number of pyridine rings is 1. The van der Waals surface area contributed by atoms with Crippen LogP contribution in [-0.2, 0) is 17.9 Å². The van der Waals surface area contributed by atoms with Crippen LogP contribution in [0, 0.1) is 23.5 Å². The number of carbonyl (C=O) groups is 1. The summed E-state index contributed by atoms with van der Waals surface area (Å²) in [5.41, 5.74) is 0.619. The number of carbonyl (C=O) groups excluding carboxylic acids is 1. The Labute approximate surface area is 141 Å². The lowest BCUT2D eigenvalue weighted by atomic mass is 10.1. The lowest BCUT2D eigenvalue weighted by molar-refractivity contribution is -0.128. The van der Waals surface area contributed by atoms with Gasteiger partial charge in [0.15, 0.2) is 0 Å². The second-order valence-electron chi connectivity index (χ2n) is 5.79. The number of hydrogen-bond acceptors (Lipinski definition) is 3. The molecule has 3 rings (SSSR count). The summed E-state index contributed by atoms with van der Waals surface area (Å²) in [7, 11) is 0. The predicted molar refractivity (Wildman–Crippen MR) is 82.5 cm³/mol. The minimum absolute atomic E-state index is 0.0431. The number of anilines is 1. The van der Waals surface area contributed by atoms with Crippen molar-refractivity contribution in [2.24, 2.45) is 0 Å². The number of aromatic nitrogens is 1. The van der Waals surface area contributed by atoms with E-state index in [0.717, 1.165) is 12.0 Å². The monoisotopic (exact) mass is 353 g/mol. The van der Waals surface area contributed by atoms with E-state index in [1.165, 1.54) is 0 Å². The van der Waals surface area contributed by atoms with Crippen molar-refractivity contribution in [1.82, 2.24) is 9.88 Å². The molecule has 1 aliphatic rings. The van der Waals surface area contributed by atoms with Gasteiger partial charge in [0.2, 0.25) is 17.5 Å². The molecule has 1 aliphatic heterocycles. The van der Waals surface area contributed by atoms with Crippen LogP contribution in [0.5, 0.6) is 0 Å². The molecule has 132 valence electrons. The van der Waals surface area contributed by atoms with E-state index in [1.54, 1.807) is 23.1 Å². The van der Waals surface area contributed by atoms with Crippen LogP contribution >= 0.6 is 0 Å². The minimum atomic E-state index is -1.71. The fraction of sp³-hybridized carbons (Fsp3) is 0.294. The summed E-state index contributed by atoms with van der Waals surface area (Å²) in [6.07, 6.45) is 1.37. The van der Waals surface area contributed by atoms with E-state index in [9.17, 15) is 22.4 Å². The third-order valence-corrected chi connectivity index (χ3v) is 4.00. The Morgan fingerprint density at radius 1 is 1.08 bits per heavy atom. The van der Waals surface area contributed by atoms with Gasteiger partial charge in [-0.25, -0.2) is 0 Å². The Balaban J connectivity index is 1.72. The Morgan fingerprint density at radius 2 is 1.76 bits per heavy atom. The van der Waals surface area contributed by atoms with Crippen molar-refractivity contribution < 1.29 is 22.4 Å². The predicted octanol–water partition coefficient (Wildman–Crippen LogP) is 3.37. The lowest BCUT2D eigenvalue weighted by Crippen LogP contribution is -2.23. The number of nitrogens with one attached hydrogen (secondary N) is 1. The van der Waals surface area contributed by atoms with Crippen LogP contribution in [0.1, 0.15) is 24.0 Å². The van der Waals surface area contributed by atoms with Crippen LogP contribution in [0.4, 0.5) is 23.2 Å². The molecule has 1 saturated heterocycles. The molecule has 25 heavy (non-hydrogen) atoms. The number of likely N-dealkylation sites (tertiary alicyclic amines) is 1. The molecule has 0 bridgehead atoms. The highest BCUT2D eigenvalue weighted by Crippen LogP contribution is 2.23. The van der Waals surface area contributed by atoms with Crippen molar-refractivity contribution in [2.45, 2.75) is 25.9 Å². The number of benzene rings is 1. The molecule has 0 saturated carbocycles. The maximum absolute atomic E-state index is 13.6. The summed E-state index contributed by atoms with van der Waals surface area (Å²) in [5.74, 6) is -6.46. The Morgan fingerprint density at radius 3 is 2.40 bits per heavy atom. The molecule has 1 fully saturated rings. The highest BCUT2D eigenvalue weighted by Gasteiger charge is 2.21. The molecule has 0 atom stereocenters. The van der Waals surface area contributed by atoms with E-state index in [4.69, 9.17) is 0 Å². The highest BCUT2D eigenvalue weighted by atomic mass is 19.2. The van der Waals surface area contributed by atoms with Gasteiger partial charge in [0.1, 0.15) is 5.69 Å². The second-order valence-corrected chi connectivity index (χ2v) is 5.79. The Kier molecular flexibility index (Phi) is 4.87. The van der Waals surface area contributed by atoms with Crippen LogP contribution in [-0.4, -0.2) is 22.3 Å². The quantitative estimate of drug-likeness (QED) is 0.662. The molecule has 8 heteroatoms. The van der Waals surface area contributed by atoms with E-state index in [-0.39, 0.29) is 12.5 Å². The average Bonchev–Trinajstić information content (AvgIpc) is 2.98. The van der Waals surface area contributed by atoms with Crippen molar-refractivity contribution in [1.29, 1.82) is 0 Å². The first-order valence-electron chi connectivity index (χ1n) is 7.75. The van der Waals surface area contributed by atoms with Crippen molar-refractivity contribution in [3.05, 3.63) is 58.9 Å². The van der Waals surface area contributed by atoms with E-state index in [0.29, 0.717) is 25.1 Å². The van der Waals surface area contributed by atoms with Gasteiger partial charge in [-0.05, 0) is 17.5 Å². The molecule has 0 aliphatic carbocycles. The van der Waals surface area contributed by atoms with Gasteiger partial charge in [-0.15, -0.1) is 0 Å². The number of hydrogen-bond donors (Lipinski definition) is 1. The summed E-state index contributed by atoms with van der Waals surface area (Å²) >= 11 is 0. The molecule has 1 N–H and O–H groups in total. The molecular weight excluding hydrogens is 338 g/mol. The first-order chi connectivity index (χ1) is 12.0.